The molecule has 3 aromatic carbocycles. The van der Waals surface area contributed by atoms with Crippen molar-refractivity contribution >= 4 is 59.4 Å². The minimum atomic E-state index is -1.61. The Kier molecular flexibility index (Phi) is 21.9. The maximum absolute atomic E-state index is 13.9. The number of halogens is 1. The lowest BCUT2D eigenvalue weighted by Gasteiger charge is -2.25. The number of carbonyl (C=O) groups excluding carboxylic acids is 6. The highest BCUT2D eigenvalue weighted by molar-refractivity contribution is 5.99. The van der Waals surface area contributed by atoms with E-state index in [1.165, 1.54) is 19.1 Å². The number of hydrogen-bond donors (Lipinski definition) is 11. The molecule has 0 radical (unpaired) electrons. The van der Waals surface area contributed by atoms with Gasteiger partial charge in [0, 0.05) is 44.3 Å². The molecule has 2 unspecified atom stereocenters. The summed E-state index contributed by atoms with van der Waals surface area (Å²) in [6.45, 7) is 1.08. The molecule has 0 heterocycles. The highest BCUT2D eigenvalue weighted by Gasteiger charge is 2.31. The maximum atomic E-state index is 13.9. The van der Waals surface area contributed by atoms with Gasteiger partial charge in [-0.3, -0.25) is 28.8 Å². The molecule has 11 N–H and O–H groups in total. The average molecular weight is 936 g/mol. The van der Waals surface area contributed by atoms with E-state index in [-0.39, 0.29) is 50.8 Å². The maximum Gasteiger partial charge on any atom is 0.326 e. The summed E-state index contributed by atoms with van der Waals surface area (Å²) in [4.78, 5) is 125. The molecular formula is C45H54FN7O14. The molecule has 0 aromatic heterocycles. The summed E-state index contributed by atoms with van der Waals surface area (Å²) in [6.07, 6.45) is -2.02. The van der Waals surface area contributed by atoms with Crippen LogP contribution in [0.4, 0.5) is 9.18 Å². The van der Waals surface area contributed by atoms with Gasteiger partial charge in [-0.05, 0) is 61.1 Å². The van der Waals surface area contributed by atoms with Gasteiger partial charge in [0.05, 0.1) is 5.92 Å². The molecule has 3 rings (SSSR count). The average Bonchev–Trinajstić information content (AvgIpc) is 3.29. The van der Waals surface area contributed by atoms with Crippen LogP contribution >= 0.6 is 0 Å². The third kappa shape index (κ3) is 19.8. The molecule has 0 bridgehead atoms. The van der Waals surface area contributed by atoms with Gasteiger partial charge in [0.1, 0.15) is 36.0 Å². The van der Waals surface area contributed by atoms with Crippen molar-refractivity contribution in [3.8, 4) is 0 Å². The zero-order valence-corrected chi connectivity index (χ0v) is 36.4. The number of rotatable bonds is 28. The summed E-state index contributed by atoms with van der Waals surface area (Å²) in [5, 5.41) is 54.6. The van der Waals surface area contributed by atoms with Gasteiger partial charge in [-0.25, -0.2) is 23.6 Å². The van der Waals surface area contributed by atoms with Crippen LogP contribution in [0.1, 0.15) is 66.9 Å². The van der Waals surface area contributed by atoms with Gasteiger partial charge >= 0.3 is 29.9 Å². The largest absolute Gasteiger partial charge is 0.481 e. The van der Waals surface area contributed by atoms with Crippen LogP contribution in [-0.4, -0.2) is 123 Å². The van der Waals surface area contributed by atoms with Crippen molar-refractivity contribution in [1.29, 1.82) is 0 Å². The Morgan fingerprint density at radius 2 is 0.881 bits per heavy atom. The number of carboxylic acid groups (broad SMARTS) is 4. The first-order valence-corrected chi connectivity index (χ1v) is 21.1. The van der Waals surface area contributed by atoms with Crippen LogP contribution in [0.5, 0.6) is 0 Å². The summed E-state index contributed by atoms with van der Waals surface area (Å²) < 4.78 is 13.6. The summed E-state index contributed by atoms with van der Waals surface area (Å²) >= 11 is 0. The van der Waals surface area contributed by atoms with Crippen LogP contribution in [0.25, 0.3) is 0 Å². The molecule has 0 fully saturated rings. The fourth-order valence-electron chi connectivity index (χ4n) is 6.31. The molecule has 67 heavy (non-hydrogen) atoms. The second-order valence-electron chi connectivity index (χ2n) is 15.4. The Labute approximate surface area is 383 Å². The zero-order valence-electron chi connectivity index (χ0n) is 36.4. The van der Waals surface area contributed by atoms with E-state index < -0.39 is 121 Å². The topological polar surface area (TPSA) is 336 Å². The van der Waals surface area contributed by atoms with Gasteiger partial charge in [-0.1, -0.05) is 67.6 Å². The number of carboxylic acids is 4. The van der Waals surface area contributed by atoms with Crippen molar-refractivity contribution in [1.82, 2.24) is 37.2 Å². The van der Waals surface area contributed by atoms with Crippen molar-refractivity contribution in [3.63, 3.8) is 0 Å². The van der Waals surface area contributed by atoms with Gasteiger partial charge in [-0.15, -0.1) is 0 Å². The van der Waals surface area contributed by atoms with Crippen molar-refractivity contribution in [3.05, 3.63) is 107 Å². The number of benzene rings is 3. The van der Waals surface area contributed by atoms with Crippen LogP contribution in [0, 0.1) is 11.7 Å². The SMILES string of the molecule is C[C@H](CC[C@H](NC(=O)N[C@@H](CCC(=O)NCCNC(=O)CC[C@@H](NC(=O)C(Cc1ccccc1)NC(=O)C(Cc1ccccc1)NC(=O)c1ccc(F)cc1)C(=O)O)C(=O)O)C(=O)O)C(=O)O. The molecule has 7 amide bonds. The fourth-order valence-corrected chi connectivity index (χ4v) is 6.31. The van der Waals surface area contributed by atoms with E-state index in [4.69, 9.17) is 5.11 Å². The standard InChI is InChI=1S/C45H54FN7O14/c1-26(41(59)60)12-17-32(43(63)64)52-45(67)53-33(44(65)66)19-21-37(55)48-23-22-47-36(54)20-18-31(42(61)62)49-39(57)35(25-28-10-6-3-7-11-28)51-40(58)34(24-27-8-4-2-5-9-27)50-38(56)29-13-15-30(46)16-14-29/h2-11,13-16,26,31-35H,12,17-25H2,1H3,(H,47,54)(H,48,55)(H,49,57)(H,50,56)(H,51,58)(H,59,60)(H,61,62)(H,63,64)(H,65,66)(H2,52,53,67)/t26-,31-,32+,33+,34?,35?/m1/s1. The monoisotopic (exact) mass is 935 g/mol. The Morgan fingerprint density at radius 1 is 0.478 bits per heavy atom. The minimum absolute atomic E-state index is 0.00303. The molecule has 22 heteroatoms. The Morgan fingerprint density at radius 3 is 1.31 bits per heavy atom. The third-order valence-electron chi connectivity index (χ3n) is 10.1. The van der Waals surface area contributed by atoms with Crippen LogP contribution in [0.3, 0.4) is 0 Å². The molecule has 0 aliphatic heterocycles. The van der Waals surface area contributed by atoms with Crippen LogP contribution in [0.2, 0.25) is 0 Å². The second-order valence-corrected chi connectivity index (χ2v) is 15.4. The van der Waals surface area contributed by atoms with Crippen molar-refractivity contribution in [2.45, 2.75) is 88.5 Å². The molecule has 21 nitrogen and oxygen atoms in total. The number of carbonyl (C=O) groups is 10. The lowest BCUT2D eigenvalue weighted by molar-refractivity contribution is -0.143. The van der Waals surface area contributed by atoms with Crippen LogP contribution in [0.15, 0.2) is 84.9 Å². The zero-order chi connectivity index (χ0) is 49.5. The Balaban J connectivity index is 1.54. The lowest BCUT2D eigenvalue weighted by Crippen LogP contribution is -2.57. The van der Waals surface area contributed by atoms with Gasteiger partial charge in [0.2, 0.25) is 23.6 Å². The quantitative estimate of drug-likeness (QED) is 0.0452. The molecule has 0 spiro atoms. The number of urea groups is 1. The van der Waals surface area contributed by atoms with E-state index in [0.29, 0.717) is 11.1 Å². The highest BCUT2D eigenvalue weighted by Crippen LogP contribution is 2.12. The second kappa shape index (κ2) is 27.4. The number of amides is 7. The minimum Gasteiger partial charge on any atom is -0.481 e. The van der Waals surface area contributed by atoms with Crippen molar-refractivity contribution in [2.24, 2.45) is 5.92 Å². The van der Waals surface area contributed by atoms with E-state index in [0.717, 1.165) is 12.1 Å². The summed E-state index contributed by atoms with van der Waals surface area (Å²) in [6, 6.07) is 13.4. The number of hydrogen-bond acceptors (Lipinski definition) is 10. The number of aliphatic carboxylic acids is 4. The van der Waals surface area contributed by atoms with E-state index in [2.05, 4.69) is 37.2 Å². The molecule has 3 aromatic rings. The molecular weight excluding hydrogens is 882 g/mol. The van der Waals surface area contributed by atoms with E-state index in [1.807, 2.05) is 0 Å². The summed E-state index contributed by atoms with van der Waals surface area (Å²) in [5.74, 6) is -10.8. The normalized spacial score (nSPS) is 13.4. The van der Waals surface area contributed by atoms with Gasteiger partial charge < -0.3 is 57.6 Å². The van der Waals surface area contributed by atoms with Gasteiger partial charge in [-0.2, -0.15) is 0 Å². The molecule has 0 aliphatic rings. The first-order chi connectivity index (χ1) is 31.8. The molecule has 0 aliphatic carbocycles. The summed E-state index contributed by atoms with van der Waals surface area (Å²) in [7, 11) is 0. The predicted octanol–water partition coefficient (Wildman–Crippen LogP) is 0.963. The van der Waals surface area contributed by atoms with Crippen LogP contribution < -0.4 is 37.2 Å². The highest BCUT2D eigenvalue weighted by atomic mass is 19.1. The van der Waals surface area contributed by atoms with Gasteiger partial charge in [0.15, 0.2) is 0 Å². The fraction of sp³-hybridized carbons (Fsp3) is 0.378. The van der Waals surface area contributed by atoms with Crippen molar-refractivity contribution in [2.75, 3.05) is 13.1 Å². The Bertz CT molecular complexity index is 2200. The third-order valence-corrected chi connectivity index (χ3v) is 10.1. The molecule has 360 valence electrons. The molecule has 6 atom stereocenters. The van der Waals surface area contributed by atoms with E-state index in [1.54, 1.807) is 60.7 Å². The Hall–Kier alpha value is -7.91. The lowest BCUT2D eigenvalue weighted by atomic mass is 10.0. The summed E-state index contributed by atoms with van der Waals surface area (Å²) in [5.41, 5.74) is 1.34. The van der Waals surface area contributed by atoms with E-state index in [9.17, 15) is 67.7 Å². The van der Waals surface area contributed by atoms with Crippen LogP contribution in [-0.2, 0) is 51.2 Å². The van der Waals surface area contributed by atoms with Crippen molar-refractivity contribution < 1.29 is 72.8 Å². The first-order valence-electron chi connectivity index (χ1n) is 21.1. The van der Waals surface area contributed by atoms with Gasteiger partial charge in [0.25, 0.3) is 5.91 Å². The molecule has 0 saturated carbocycles. The van der Waals surface area contributed by atoms with E-state index >= 15 is 0 Å². The first kappa shape index (κ1) is 53.4. The predicted molar refractivity (Wildman–Crippen MR) is 234 cm³/mol. The molecule has 0 saturated heterocycles. The number of nitrogens with one attached hydrogen (secondary N) is 7. The smallest absolute Gasteiger partial charge is 0.326 e.